The molecular weight excluding hydrogens is 262 g/mol. The summed E-state index contributed by atoms with van der Waals surface area (Å²) in [5.74, 6) is -0.239. The Morgan fingerprint density at radius 1 is 1.60 bits per heavy atom. The lowest BCUT2D eigenvalue weighted by Gasteiger charge is -2.24. The predicted molar refractivity (Wildman–Crippen MR) is 69.9 cm³/mol. The maximum atomic E-state index is 12.2. The van der Waals surface area contributed by atoms with Crippen LogP contribution in [0.2, 0.25) is 0 Å². The maximum absolute atomic E-state index is 12.2. The van der Waals surface area contributed by atoms with Gasteiger partial charge in [-0.2, -0.15) is 0 Å². The third-order valence-corrected chi connectivity index (χ3v) is 3.29. The molecule has 0 bridgehead atoms. The van der Waals surface area contributed by atoms with Crippen molar-refractivity contribution in [2.24, 2.45) is 7.05 Å². The number of carbonyl (C=O) groups is 2. The number of aryl methyl sites for hydroxylation is 1. The van der Waals surface area contributed by atoms with Gasteiger partial charge in [-0.1, -0.05) is 0 Å². The van der Waals surface area contributed by atoms with Gasteiger partial charge in [-0.15, -0.1) is 10.2 Å². The van der Waals surface area contributed by atoms with Crippen molar-refractivity contribution in [1.29, 1.82) is 0 Å². The highest BCUT2D eigenvalue weighted by Crippen LogP contribution is 2.27. The fourth-order valence-electron chi connectivity index (χ4n) is 2.07. The topological polar surface area (TPSA) is 100 Å². The van der Waals surface area contributed by atoms with Crippen molar-refractivity contribution in [2.75, 3.05) is 6.54 Å². The van der Waals surface area contributed by atoms with Crippen LogP contribution in [0.15, 0.2) is 6.33 Å². The largest absolute Gasteiger partial charge is 0.481 e. The van der Waals surface area contributed by atoms with Gasteiger partial charge in [0.1, 0.15) is 6.33 Å². The van der Waals surface area contributed by atoms with Crippen LogP contribution >= 0.6 is 0 Å². The number of aliphatic carboxylic acids is 1. The first-order valence-electron chi connectivity index (χ1n) is 6.62. The summed E-state index contributed by atoms with van der Waals surface area (Å²) < 4.78 is 1.74. The van der Waals surface area contributed by atoms with Gasteiger partial charge in [0.05, 0.1) is 12.5 Å². The van der Waals surface area contributed by atoms with Crippen molar-refractivity contribution < 1.29 is 14.7 Å². The standard InChI is InChI=1S/C12H19N5O3/c1-8(11-15-13-7-16(11)2)14-12(20)17(9-3-4-9)6-5-10(18)19/h7-9H,3-6H2,1-2H3,(H,14,20)(H,18,19). The number of hydrogen-bond donors (Lipinski definition) is 2. The van der Waals surface area contributed by atoms with Gasteiger partial charge >= 0.3 is 12.0 Å². The number of rotatable bonds is 6. The quantitative estimate of drug-likeness (QED) is 0.792. The maximum Gasteiger partial charge on any atom is 0.318 e. The van der Waals surface area contributed by atoms with Crippen LogP contribution in [0.5, 0.6) is 0 Å². The molecule has 1 aromatic heterocycles. The van der Waals surface area contributed by atoms with Crippen molar-refractivity contribution in [3.63, 3.8) is 0 Å². The van der Waals surface area contributed by atoms with Gasteiger partial charge in [0, 0.05) is 19.6 Å². The Morgan fingerprint density at radius 2 is 2.30 bits per heavy atom. The van der Waals surface area contributed by atoms with E-state index in [4.69, 9.17) is 5.11 Å². The minimum atomic E-state index is -0.898. The summed E-state index contributed by atoms with van der Waals surface area (Å²) in [7, 11) is 1.81. The molecule has 0 aliphatic heterocycles. The summed E-state index contributed by atoms with van der Waals surface area (Å²) in [4.78, 5) is 24.5. The fraction of sp³-hybridized carbons (Fsp3) is 0.667. The van der Waals surface area contributed by atoms with Crippen molar-refractivity contribution in [3.8, 4) is 0 Å². The number of urea groups is 1. The Hall–Kier alpha value is -2.12. The van der Waals surface area contributed by atoms with Gasteiger partial charge in [-0.3, -0.25) is 4.79 Å². The Labute approximate surface area is 116 Å². The van der Waals surface area contributed by atoms with E-state index in [1.165, 1.54) is 0 Å². The van der Waals surface area contributed by atoms with Gasteiger partial charge < -0.3 is 19.9 Å². The molecule has 1 heterocycles. The van der Waals surface area contributed by atoms with Crippen LogP contribution in [0, 0.1) is 0 Å². The van der Waals surface area contributed by atoms with Crippen molar-refractivity contribution in [3.05, 3.63) is 12.2 Å². The fourth-order valence-corrected chi connectivity index (χ4v) is 2.07. The summed E-state index contributed by atoms with van der Waals surface area (Å²) in [5.41, 5.74) is 0. The van der Waals surface area contributed by atoms with Crippen LogP contribution in [-0.4, -0.2) is 49.4 Å². The van der Waals surface area contributed by atoms with Crippen molar-refractivity contribution >= 4 is 12.0 Å². The number of nitrogens with zero attached hydrogens (tertiary/aromatic N) is 4. The Balaban J connectivity index is 1.94. The zero-order chi connectivity index (χ0) is 14.7. The van der Waals surface area contributed by atoms with E-state index < -0.39 is 5.97 Å². The second kappa shape index (κ2) is 5.89. The van der Waals surface area contributed by atoms with E-state index in [0.717, 1.165) is 12.8 Å². The van der Waals surface area contributed by atoms with E-state index in [1.807, 2.05) is 6.92 Å². The minimum Gasteiger partial charge on any atom is -0.481 e. The lowest BCUT2D eigenvalue weighted by atomic mass is 10.3. The van der Waals surface area contributed by atoms with Crippen molar-refractivity contribution in [2.45, 2.75) is 38.3 Å². The van der Waals surface area contributed by atoms with Crippen LogP contribution < -0.4 is 5.32 Å². The van der Waals surface area contributed by atoms with E-state index in [0.29, 0.717) is 5.82 Å². The molecule has 8 nitrogen and oxygen atoms in total. The third kappa shape index (κ3) is 3.46. The smallest absolute Gasteiger partial charge is 0.318 e. The number of hydrogen-bond acceptors (Lipinski definition) is 4. The van der Waals surface area contributed by atoms with E-state index in [2.05, 4.69) is 15.5 Å². The van der Waals surface area contributed by atoms with Crippen LogP contribution in [0.3, 0.4) is 0 Å². The summed E-state index contributed by atoms with van der Waals surface area (Å²) >= 11 is 0. The number of carbonyl (C=O) groups excluding carboxylic acids is 1. The van der Waals surface area contributed by atoms with E-state index in [9.17, 15) is 9.59 Å². The first kappa shape index (κ1) is 14.3. The second-order valence-electron chi connectivity index (χ2n) is 5.04. The number of amides is 2. The van der Waals surface area contributed by atoms with Crippen LogP contribution in [0.4, 0.5) is 4.79 Å². The normalized spacial score (nSPS) is 15.7. The molecule has 0 saturated heterocycles. The Kier molecular flexibility index (Phi) is 4.21. The van der Waals surface area contributed by atoms with E-state index in [-0.39, 0.29) is 31.1 Å². The summed E-state index contributed by atoms with van der Waals surface area (Å²) in [5, 5.41) is 19.3. The van der Waals surface area contributed by atoms with Crippen LogP contribution in [0.25, 0.3) is 0 Å². The SMILES string of the molecule is CC(NC(=O)N(CCC(=O)O)C1CC1)c1nncn1C. The molecule has 0 spiro atoms. The lowest BCUT2D eigenvalue weighted by molar-refractivity contribution is -0.137. The second-order valence-corrected chi connectivity index (χ2v) is 5.04. The summed E-state index contributed by atoms with van der Waals surface area (Å²) in [6.45, 7) is 2.06. The highest BCUT2D eigenvalue weighted by atomic mass is 16.4. The van der Waals surface area contributed by atoms with E-state index in [1.54, 1.807) is 22.8 Å². The highest BCUT2D eigenvalue weighted by molar-refractivity contribution is 5.76. The van der Waals surface area contributed by atoms with Crippen LogP contribution in [-0.2, 0) is 11.8 Å². The number of carboxylic acids is 1. The molecular formula is C12H19N5O3. The first-order chi connectivity index (χ1) is 9.49. The predicted octanol–water partition coefficient (Wildman–Crippen LogP) is 0.525. The van der Waals surface area contributed by atoms with Crippen LogP contribution in [0.1, 0.15) is 38.1 Å². The third-order valence-electron chi connectivity index (χ3n) is 3.29. The molecule has 20 heavy (non-hydrogen) atoms. The van der Waals surface area contributed by atoms with E-state index >= 15 is 0 Å². The molecule has 1 unspecified atom stereocenters. The van der Waals surface area contributed by atoms with Gasteiger partial charge in [-0.05, 0) is 19.8 Å². The Bertz CT molecular complexity index is 497. The monoisotopic (exact) mass is 281 g/mol. The highest BCUT2D eigenvalue weighted by Gasteiger charge is 2.33. The lowest BCUT2D eigenvalue weighted by Crippen LogP contribution is -2.43. The molecule has 1 aliphatic carbocycles. The summed E-state index contributed by atoms with van der Waals surface area (Å²) in [6, 6.07) is -0.355. The molecule has 0 radical (unpaired) electrons. The summed E-state index contributed by atoms with van der Waals surface area (Å²) in [6.07, 6.45) is 3.40. The molecule has 1 aliphatic rings. The van der Waals surface area contributed by atoms with Gasteiger partial charge in [0.25, 0.3) is 0 Å². The minimum absolute atomic E-state index is 0.0394. The molecule has 1 saturated carbocycles. The molecule has 0 aromatic carbocycles. The molecule has 1 fully saturated rings. The van der Waals surface area contributed by atoms with Gasteiger partial charge in [0.2, 0.25) is 0 Å². The Morgan fingerprint density at radius 3 is 2.80 bits per heavy atom. The van der Waals surface area contributed by atoms with Gasteiger partial charge in [0.15, 0.2) is 5.82 Å². The number of aromatic nitrogens is 3. The molecule has 1 atom stereocenters. The molecule has 2 amide bonds. The molecule has 1 aromatic rings. The van der Waals surface area contributed by atoms with Crippen molar-refractivity contribution in [1.82, 2.24) is 25.0 Å². The zero-order valence-electron chi connectivity index (χ0n) is 11.6. The molecule has 110 valence electrons. The molecule has 2 rings (SSSR count). The average molecular weight is 281 g/mol. The number of nitrogens with one attached hydrogen (secondary N) is 1. The number of carboxylic acid groups (broad SMARTS) is 1. The van der Waals surface area contributed by atoms with Gasteiger partial charge in [-0.25, -0.2) is 4.79 Å². The first-order valence-corrected chi connectivity index (χ1v) is 6.62. The molecule has 8 heteroatoms. The average Bonchev–Trinajstić information content (AvgIpc) is 3.10. The molecule has 2 N–H and O–H groups in total. The zero-order valence-corrected chi connectivity index (χ0v) is 11.6.